The van der Waals surface area contributed by atoms with Gasteiger partial charge in [0.05, 0.1) is 30.2 Å². The van der Waals surface area contributed by atoms with Crippen LogP contribution in [-0.4, -0.2) is 46.8 Å². The van der Waals surface area contributed by atoms with Gasteiger partial charge in [0.15, 0.2) is 5.16 Å². The topological polar surface area (TPSA) is 73.6 Å². The third-order valence-corrected chi connectivity index (χ3v) is 5.70. The number of methoxy groups -OCH3 is 1. The van der Waals surface area contributed by atoms with Crippen molar-refractivity contribution in [2.24, 2.45) is 0 Å². The quantitative estimate of drug-likeness (QED) is 0.428. The predicted molar refractivity (Wildman–Crippen MR) is 116 cm³/mol. The number of hydrogen-bond acceptors (Lipinski definition) is 6. The van der Waals surface area contributed by atoms with Gasteiger partial charge < -0.3 is 14.6 Å². The molecule has 1 N–H and O–H groups in total. The smallest absolute Gasteiger partial charge is 0.262 e. The Morgan fingerprint density at radius 2 is 1.86 bits per heavy atom. The Kier molecular flexibility index (Phi) is 7.30. The van der Waals surface area contributed by atoms with E-state index in [4.69, 9.17) is 9.47 Å². The number of ether oxygens (including phenoxy) is 2. The number of fused-ring (bicyclic) bond motifs is 1. The van der Waals surface area contributed by atoms with Crippen molar-refractivity contribution in [3.05, 3.63) is 63.9 Å². The summed E-state index contributed by atoms with van der Waals surface area (Å²) in [5, 5.41) is 11.6. The molecule has 1 heterocycles. The van der Waals surface area contributed by atoms with Gasteiger partial charge in [-0.15, -0.1) is 0 Å². The van der Waals surface area contributed by atoms with Gasteiger partial charge in [0.2, 0.25) is 0 Å². The molecule has 0 fully saturated rings. The fraction of sp³-hybridized carbons (Fsp3) is 0.364. The van der Waals surface area contributed by atoms with Gasteiger partial charge in [-0.2, -0.15) is 0 Å². The van der Waals surface area contributed by atoms with Crippen molar-refractivity contribution in [3.63, 3.8) is 0 Å². The molecule has 3 rings (SSSR count). The van der Waals surface area contributed by atoms with Gasteiger partial charge >= 0.3 is 0 Å². The molecule has 3 aromatic rings. The summed E-state index contributed by atoms with van der Waals surface area (Å²) in [4.78, 5) is 17.5. The molecule has 0 saturated heterocycles. The van der Waals surface area contributed by atoms with Crippen LogP contribution in [0.1, 0.15) is 11.1 Å². The zero-order valence-corrected chi connectivity index (χ0v) is 17.7. The molecular weight excluding hydrogens is 388 g/mol. The average Bonchev–Trinajstić information content (AvgIpc) is 2.71. The molecule has 0 radical (unpaired) electrons. The largest absolute Gasteiger partial charge is 0.490 e. The number of aliphatic hydroxyl groups excluding tert-OH is 1. The molecule has 6 nitrogen and oxygen atoms in total. The Bertz CT molecular complexity index is 1010. The molecule has 0 unspecified atom stereocenters. The summed E-state index contributed by atoms with van der Waals surface area (Å²) in [6, 6.07) is 13.2. The van der Waals surface area contributed by atoms with Crippen LogP contribution in [-0.2, 0) is 11.3 Å². The molecule has 0 amide bonds. The lowest BCUT2D eigenvalue weighted by molar-refractivity contribution is 0.125. The van der Waals surface area contributed by atoms with E-state index in [9.17, 15) is 9.90 Å². The van der Waals surface area contributed by atoms with E-state index < -0.39 is 6.10 Å². The van der Waals surface area contributed by atoms with Crippen molar-refractivity contribution >= 4 is 22.7 Å². The average molecular weight is 415 g/mol. The van der Waals surface area contributed by atoms with E-state index in [0.717, 1.165) is 16.9 Å². The Balaban J connectivity index is 1.72. The number of benzene rings is 2. The van der Waals surface area contributed by atoms with E-state index >= 15 is 0 Å². The SMILES string of the molecule is COCCn1c(SC[C@H](O)COc2c(C)cccc2C)nc2ccccc2c1=O. The number of para-hydroxylation sites is 2. The number of hydrogen-bond donors (Lipinski definition) is 1. The van der Waals surface area contributed by atoms with Crippen molar-refractivity contribution < 1.29 is 14.6 Å². The standard InChI is InChI=1S/C22H26N2O4S/c1-15-7-6-8-16(2)20(15)28-13-17(25)14-29-22-23-19-10-5-4-9-18(19)21(26)24(22)11-12-27-3/h4-10,17,25H,11-14H2,1-3H3/t17-/m1/s1. The highest BCUT2D eigenvalue weighted by Gasteiger charge is 2.14. The molecule has 0 bridgehead atoms. The van der Waals surface area contributed by atoms with Gasteiger partial charge in [0.1, 0.15) is 12.4 Å². The van der Waals surface area contributed by atoms with Crippen LogP contribution in [0.25, 0.3) is 10.9 Å². The number of rotatable bonds is 9. The monoisotopic (exact) mass is 414 g/mol. The number of aryl methyl sites for hydroxylation is 2. The minimum Gasteiger partial charge on any atom is -0.490 e. The van der Waals surface area contributed by atoms with E-state index in [1.807, 2.05) is 50.2 Å². The fourth-order valence-electron chi connectivity index (χ4n) is 3.06. The van der Waals surface area contributed by atoms with Crippen molar-refractivity contribution in [1.29, 1.82) is 0 Å². The summed E-state index contributed by atoms with van der Waals surface area (Å²) in [6.07, 6.45) is -0.696. The van der Waals surface area contributed by atoms with Gasteiger partial charge in [0.25, 0.3) is 5.56 Å². The number of thioether (sulfide) groups is 1. The van der Waals surface area contributed by atoms with E-state index in [-0.39, 0.29) is 12.2 Å². The highest BCUT2D eigenvalue weighted by molar-refractivity contribution is 7.99. The molecule has 0 aliphatic rings. The van der Waals surface area contributed by atoms with Crippen LogP contribution in [0.4, 0.5) is 0 Å². The van der Waals surface area contributed by atoms with Gasteiger partial charge in [-0.25, -0.2) is 4.98 Å². The molecular formula is C22H26N2O4S. The van der Waals surface area contributed by atoms with Gasteiger partial charge in [0, 0.05) is 12.9 Å². The van der Waals surface area contributed by atoms with Crippen LogP contribution in [0, 0.1) is 13.8 Å². The maximum atomic E-state index is 12.9. The molecule has 0 saturated carbocycles. The lowest BCUT2D eigenvalue weighted by atomic mass is 10.1. The second-order valence-corrected chi connectivity index (χ2v) is 7.85. The highest BCUT2D eigenvalue weighted by atomic mass is 32.2. The fourth-order valence-corrected chi connectivity index (χ4v) is 3.99. The van der Waals surface area contributed by atoms with Crippen LogP contribution in [0.2, 0.25) is 0 Å². The number of nitrogens with zero attached hydrogens (tertiary/aromatic N) is 2. The van der Waals surface area contributed by atoms with Gasteiger partial charge in [-0.05, 0) is 37.1 Å². The molecule has 0 spiro atoms. The number of aliphatic hydroxyl groups is 1. The first-order valence-corrected chi connectivity index (χ1v) is 10.5. The Morgan fingerprint density at radius 3 is 2.59 bits per heavy atom. The summed E-state index contributed by atoms with van der Waals surface area (Å²) in [5.74, 6) is 1.17. The summed E-state index contributed by atoms with van der Waals surface area (Å²) >= 11 is 1.34. The van der Waals surface area contributed by atoms with Crippen LogP contribution in [0.15, 0.2) is 52.4 Å². The third kappa shape index (κ3) is 5.18. The third-order valence-electron chi connectivity index (χ3n) is 4.58. The maximum absolute atomic E-state index is 12.9. The molecule has 154 valence electrons. The zero-order valence-electron chi connectivity index (χ0n) is 16.9. The van der Waals surface area contributed by atoms with E-state index in [1.54, 1.807) is 17.7 Å². The lowest BCUT2D eigenvalue weighted by Gasteiger charge is -2.17. The predicted octanol–water partition coefficient (Wildman–Crippen LogP) is 3.19. The highest BCUT2D eigenvalue weighted by Crippen LogP contribution is 2.23. The van der Waals surface area contributed by atoms with E-state index in [1.165, 1.54) is 11.8 Å². The van der Waals surface area contributed by atoms with Crippen LogP contribution in [0.5, 0.6) is 5.75 Å². The summed E-state index contributed by atoms with van der Waals surface area (Å²) in [7, 11) is 1.60. The van der Waals surface area contributed by atoms with Gasteiger partial charge in [-0.3, -0.25) is 9.36 Å². The molecule has 2 aromatic carbocycles. The summed E-state index contributed by atoms with van der Waals surface area (Å²) in [5.41, 5.74) is 2.62. The summed E-state index contributed by atoms with van der Waals surface area (Å²) in [6.45, 7) is 4.96. The number of aromatic nitrogens is 2. The molecule has 1 aromatic heterocycles. The zero-order chi connectivity index (χ0) is 20.8. The van der Waals surface area contributed by atoms with Crippen molar-refractivity contribution in [3.8, 4) is 5.75 Å². The molecule has 0 aliphatic carbocycles. The van der Waals surface area contributed by atoms with Crippen molar-refractivity contribution in [1.82, 2.24) is 9.55 Å². The first-order chi connectivity index (χ1) is 14.0. The first kappa shape index (κ1) is 21.4. The van der Waals surface area contributed by atoms with Crippen LogP contribution >= 0.6 is 11.8 Å². The van der Waals surface area contributed by atoms with Crippen molar-refractivity contribution in [2.45, 2.75) is 31.7 Å². The Morgan fingerprint density at radius 1 is 1.14 bits per heavy atom. The van der Waals surface area contributed by atoms with Crippen molar-refractivity contribution in [2.75, 3.05) is 26.1 Å². The second-order valence-electron chi connectivity index (χ2n) is 6.86. The maximum Gasteiger partial charge on any atom is 0.262 e. The Hall–Kier alpha value is -2.35. The Labute approximate surface area is 174 Å². The van der Waals surface area contributed by atoms with Gasteiger partial charge in [-0.1, -0.05) is 42.1 Å². The minimum absolute atomic E-state index is 0.101. The lowest BCUT2D eigenvalue weighted by Crippen LogP contribution is -2.26. The summed E-state index contributed by atoms with van der Waals surface area (Å²) < 4.78 is 12.6. The van der Waals surface area contributed by atoms with Crippen LogP contribution in [0.3, 0.4) is 0 Å². The van der Waals surface area contributed by atoms with E-state index in [2.05, 4.69) is 4.98 Å². The normalized spacial score (nSPS) is 12.3. The molecule has 1 atom stereocenters. The van der Waals surface area contributed by atoms with Crippen LogP contribution < -0.4 is 10.3 Å². The molecule has 7 heteroatoms. The minimum atomic E-state index is -0.696. The second kappa shape index (κ2) is 9.91. The van der Waals surface area contributed by atoms with E-state index in [0.29, 0.717) is 35.0 Å². The first-order valence-electron chi connectivity index (χ1n) is 9.49. The molecule has 0 aliphatic heterocycles. The molecule has 29 heavy (non-hydrogen) atoms.